The largest absolute Gasteiger partial charge is 0.867 e. The zero-order valence-corrected chi connectivity index (χ0v) is 69.6. The molecule has 8 aromatic carbocycles. The topological polar surface area (TPSA) is 289 Å². The van der Waals surface area contributed by atoms with Gasteiger partial charge < -0.3 is 95.3 Å². The number of hydrogen-bond acceptors (Lipinski definition) is 16. The van der Waals surface area contributed by atoms with Crippen LogP contribution >= 0.6 is 0 Å². The number of ether oxygens (including phenoxy) is 8. The number of methoxy groups -OCH3 is 8. The Morgan fingerprint density at radius 1 is 0.175 bits per heavy atom. The van der Waals surface area contributed by atoms with Gasteiger partial charge in [0.2, 0.25) is 44.1 Å². The van der Waals surface area contributed by atoms with E-state index in [0.29, 0.717) is 0 Å². The van der Waals surface area contributed by atoms with Gasteiger partial charge in [0.1, 0.15) is 132 Å². The molecule has 0 radical (unpaired) electrons. The molecule has 0 fully saturated rings. The average molecular weight is 1640 g/mol. The zero-order chi connectivity index (χ0) is 88.4. The summed E-state index contributed by atoms with van der Waals surface area (Å²) in [5, 5.41) is 75.6. The van der Waals surface area contributed by atoms with Crippen LogP contribution in [0.2, 0.25) is 0 Å². The fourth-order valence-electron chi connectivity index (χ4n) is 12.1. The van der Waals surface area contributed by atoms with Crippen molar-refractivity contribution >= 4 is 117 Å². The van der Waals surface area contributed by atoms with Gasteiger partial charge in [0.15, 0.2) is 49.6 Å². The molecule has 16 aromatic rings. The number of aromatic nitrogens is 8. The number of benzene rings is 8. The molecule has 0 saturated heterocycles. The summed E-state index contributed by atoms with van der Waals surface area (Å²) in [5.41, 5.74) is 9.46. The van der Waals surface area contributed by atoms with Gasteiger partial charge in [0.25, 0.3) is 0 Å². The number of halogens is 4. The standard InChI is InChI=1S/8C11H12NO.4BFO2/c8*1-12-8-7-11(13-2)9-5-3-4-6-10(9)12;4*2-1(3)4/h8*3-8H,1-2H3;;;;/q8*+1;4*-2. The molecule has 624 valence electrons. The number of aryl methyl sites for hydroxylation is 8. The van der Waals surface area contributed by atoms with Gasteiger partial charge in [0, 0.05) is 97.1 Å². The molecule has 0 amide bonds. The summed E-state index contributed by atoms with van der Waals surface area (Å²) < 4.78 is 98.4. The van der Waals surface area contributed by atoms with Crippen molar-refractivity contribution in [3.05, 3.63) is 292 Å². The number of para-hydroxylation sites is 8. The highest BCUT2D eigenvalue weighted by Gasteiger charge is 2.15. The lowest BCUT2D eigenvalue weighted by molar-refractivity contribution is -0.645. The van der Waals surface area contributed by atoms with Crippen LogP contribution in [0.5, 0.6) is 46.0 Å². The molecule has 0 saturated carbocycles. The molecule has 0 bridgehead atoms. The third kappa shape index (κ3) is 29.9. The van der Waals surface area contributed by atoms with E-state index >= 15 is 0 Å². The van der Waals surface area contributed by atoms with Crippen molar-refractivity contribution in [3.8, 4) is 46.0 Å². The second kappa shape index (κ2) is 51.3. The maximum Gasteiger partial charge on any atom is 0.216 e. The van der Waals surface area contributed by atoms with E-state index in [-0.39, 0.29) is 0 Å². The highest BCUT2D eigenvalue weighted by atomic mass is 19.1. The molecule has 0 N–H and O–H groups in total. The zero-order valence-electron chi connectivity index (χ0n) is 69.6. The minimum Gasteiger partial charge on any atom is -0.867 e. The molecule has 0 spiro atoms. The number of rotatable bonds is 8. The van der Waals surface area contributed by atoms with E-state index in [1.807, 2.05) is 252 Å². The third-order valence-electron chi connectivity index (χ3n) is 17.8. The fraction of sp³-hybridized carbons (Fsp3) is 0.182. The summed E-state index contributed by atoms with van der Waals surface area (Å²) in [6.07, 6.45) is 16.0. The third-order valence-corrected chi connectivity index (χ3v) is 17.8. The van der Waals surface area contributed by atoms with Crippen molar-refractivity contribution < 1.29 is 132 Å². The van der Waals surface area contributed by atoms with Crippen molar-refractivity contribution in [3.63, 3.8) is 0 Å². The summed E-state index contributed by atoms with van der Waals surface area (Å²) in [5.74, 6) is 7.40. The van der Waals surface area contributed by atoms with E-state index in [1.54, 1.807) is 56.9 Å². The molecule has 0 unspecified atom stereocenters. The second-order valence-corrected chi connectivity index (χ2v) is 25.2. The molecule has 0 atom stereocenters. The Balaban J connectivity index is 0.000000238. The summed E-state index contributed by atoms with van der Waals surface area (Å²) in [6.45, 7) is 0. The van der Waals surface area contributed by atoms with Gasteiger partial charge in [-0.25, -0.2) is 36.5 Å². The van der Waals surface area contributed by atoms with Crippen LogP contribution in [0.15, 0.2) is 292 Å². The molecule has 0 aliphatic rings. The van der Waals surface area contributed by atoms with Crippen LogP contribution in [0, 0.1) is 0 Å². The average Bonchev–Trinajstić information content (AvgIpc) is 0.874. The van der Waals surface area contributed by atoms with Crippen LogP contribution in [-0.2, 0) is 56.4 Å². The Morgan fingerprint density at radius 3 is 0.342 bits per heavy atom. The van der Waals surface area contributed by atoms with E-state index in [2.05, 4.69) is 134 Å². The summed E-state index contributed by atoms with van der Waals surface area (Å²) in [4.78, 5) is 0. The van der Waals surface area contributed by atoms with Crippen molar-refractivity contribution in [1.82, 2.24) is 0 Å². The number of nitrogens with zero attached hydrogens (tertiary/aromatic N) is 8. The molecule has 8 heterocycles. The van der Waals surface area contributed by atoms with Gasteiger partial charge in [-0.2, -0.15) is 0 Å². The highest BCUT2D eigenvalue weighted by Crippen LogP contribution is 2.28. The molecule has 8 aromatic heterocycles. The van der Waals surface area contributed by atoms with Gasteiger partial charge in [0.05, 0.1) is 100.0 Å². The minimum atomic E-state index is -3.17. The summed E-state index contributed by atoms with van der Waals surface area (Å²) in [7, 11) is 17.1. The van der Waals surface area contributed by atoms with Crippen molar-refractivity contribution in [2.45, 2.75) is 0 Å². The second-order valence-electron chi connectivity index (χ2n) is 25.2. The lowest BCUT2D eigenvalue weighted by atomic mass is 10.2. The van der Waals surface area contributed by atoms with Crippen LogP contribution in [0.25, 0.3) is 87.2 Å². The summed E-state index contributed by atoms with van der Waals surface area (Å²) >= 11 is 0. The van der Waals surface area contributed by atoms with Crippen LogP contribution in [-0.4, -0.2) is 86.5 Å². The van der Waals surface area contributed by atoms with E-state index in [0.717, 1.165) is 89.1 Å². The highest BCUT2D eigenvalue weighted by molar-refractivity contribution is 6.27. The SMILES string of the molecule is COc1cc[n+](C)c2ccccc12.COc1cc[n+](C)c2ccccc12.COc1cc[n+](C)c2ccccc12.COc1cc[n+](C)c2ccccc12.COc1cc[n+](C)c2ccccc12.COc1cc[n+](C)c2ccccc12.COc1cc[n+](C)c2ccccc12.COc1cc[n+](C)c2ccccc12.[O-]B([O-])F.[O-]B([O-])F.[O-]B([O-])F.[O-]B([O-])F. The maximum atomic E-state index is 9.89. The fourth-order valence-corrected chi connectivity index (χ4v) is 12.1. The molecule has 0 aliphatic carbocycles. The molecular weight excluding hydrogens is 1540 g/mol. The van der Waals surface area contributed by atoms with E-state index in [4.69, 9.17) is 78.1 Å². The molecule has 32 heteroatoms. The van der Waals surface area contributed by atoms with Gasteiger partial charge in [-0.1, -0.05) is 97.1 Å². The lowest BCUT2D eigenvalue weighted by Crippen LogP contribution is -2.39. The van der Waals surface area contributed by atoms with Gasteiger partial charge in [-0.05, 0) is 48.5 Å². The van der Waals surface area contributed by atoms with Crippen LogP contribution < -0.4 is 115 Å². The monoisotopic (exact) mass is 1640 g/mol. The Hall–Kier alpha value is -12.9. The first-order valence-electron chi connectivity index (χ1n) is 36.7. The maximum absolute atomic E-state index is 9.89. The number of fused-ring (bicyclic) bond motifs is 8. The molecule has 16 rings (SSSR count). The summed E-state index contributed by atoms with van der Waals surface area (Å²) in [6, 6.07) is 81.3. The molecule has 0 aliphatic heterocycles. The van der Waals surface area contributed by atoms with E-state index < -0.39 is 29.6 Å². The van der Waals surface area contributed by atoms with Crippen LogP contribution in [0.1, 0.15) is 0 Å². The Bertz CT molecular complexity index is 4790. The first-order chi connectivity index (χ1) is 57.5. The quantitative estimate of drug-likeness (QED) is 0.118. The van der Waals surface area contributed by atoms with Crippen molar-refractivity contribution in [2.75, 3.05) is 56.9 Å². The predicted molar refractivity (Wildman–Crippen MR) is 441 cm³/mol. The van der Waals surface area contributed by atoms with Gasteiger partial charge >= 0.3 is 0 Å². The Morgan fingerprint density at radius 2 is 0.258 bits per heavy atom. The smallest absolute Gasteiger partial charge is 0.216 e. The van der Waals surface area contributed by atoms with Gasteiger partial charge in [-0.15, -0.1) is 0 Å². The Labute approximate surface area is 696 Å². The van der Waals surface area contributed by atoms with Crippen LogP contribution in [0.3, 0.4) is 0 Å². The lowest BCUT2D eigenvalue weighted by Gasteiger charge is -2.09. The van der Waals surface area contributed by atoms with Crippen molar-refractivity contribution in [2.24, 2.45) is 56.4 Å². The van der Waals surface area contributed by atoms with E-state index in [9.17, 15) is 17.3 Å². The molecular formula is C88H96B4F4N8O16. The first-order valence-corrected chi connectivity index (χ1v) is 36.7. The minimum absolute atomic E-state index is 0.925. The van der Waals surface area contributed by atoms with E-state index in [1.165, 1.54) is 44.1 Å². The number of pyridine rings is 8. The molecule has 24 nitrogen and oxygen atoms in total. The number of hydrogen-bond donors (Lipinski definition) is 0. The van der Waals surface area contributed by atoms with Crippen molar-refractivity contribution in [1.29, 1.82) is 0 Å². The predicted octanol–water partition coefficient (Wildman–Crippen LogP) is 4.03. The van der Waals surface area contributed by atoms with Gasteiger partial charge in [-0.3, -0.25) is 0 Å². The van der Waals surface area contributed by atoms with Crippen LogP contribution in [0.4, 0.5) is 17.3 Å². The molecule has 120 heavy (non-hydrogen) atoms. The Kier molecular flexibility index (Phi) is 41.8. The normalized spacial score (nSPS) is 9.83. The first kappa shape index (κ1) is 97.7.